The third kappa shape index (κ3) is 7.35. The fourth-order valence-corrected chi connectivity index (χ4v) is 7.44. The maximum Gasteiger partial charge on any atom is 0.411 e. The fraction of sp³-hybridized carbons (Fsp3) is 0.444. The van der Waals surface area contributed by atoms with E-state index in [0.29, 0.717) is 11.6 Å². The van der Waals surface area contributed by atoms with Crippen LogP contribution in [0.3, 0.4) is 0 Å². The Morgan fingerprint density at radius 1 is 1.05 bits per heavy atom. The SMILES string of the molecule is CC(C)(C)C[C@]1(c2ccc(-c3cnn(C4CC4)c3)cc2Cl)N=C(N)N([C@H](COC(=O)NC2(C(F)(F)F)CC2)c2ccc(Cl)c(-n3ncnc3C(F)F)c2)C1=O. The van der Waals surface area contributed by atoms with E-state index in [0.717, 1.165) is 39.9 Å². The van der Waals surface area contributed by atoms with Crippen molar-refractivity contribution in [3.8, 4) is 16.8 Å². The number of benzene rings is 2. The van der Waals surface area contributed by atoms with Crippen LogP contribution in [0.1, 0.15) is 88.3 Å². The average Bonchev–Trinajstić information content (AvgIpc) is 3.97. The first-order valence-electron chi connectivity index (χ1n) is 17.4. The van der Waals surface area contributed by atoms with Gasteiger partial charge in [0, 0.05) is 22.3 Å². The van der Waals surface area contributed by atoms with Gasteiger partial charge in [0.1, 0.15) is 18.5 Å². The number of ether oxygens (including phenoxy) is 1. The highest BCUT2D eigenvalue weighted by atomic mass is 35.5. The number of aromatic nitrogens is 5. The van der Waals surface area contributed by atoms with Crippen LogP contribution in [0.2, 0.25) is 10.0 Å². The van der Waals surface area contributed by atoms with Gasteiger partial charge in [-0.3, -0.25) is 14.4 Å². The number of aliphatic imine (C=N–C) groups is 1. The number of halogens is 7. The Morgan fingerprint density at radius 2 is 1.78 bits per heavy atom. The predicted octanol–water partition coefficient (Wildman–Crippen LogP) is 8.06. The Hall–Kier alpha value is -4.77. The summed E-state index contributed by atoms with van der Waals surface area (Å²) < 4.78 is 76.9. The standard InChI is InChI=1S/C36H36Cl2F5N9O3/c1-33(2,3)17-35(23-8-4-19(12-25(23)38)21-14-46-50(15-21)22-6-7-22)30(53)51(31(44)48-35)27(16-55-32(54)49-34(10-11-34)36(41,42)43)20-5-9-24(37)26(13-20)52-29(28(39)40)45-18-47-52/h4-5,8-9,12-15,18,22,27-28H,6-7,10-11,16-17H2,1-3H3,(H2,44,48)(H,49,54)/t27-,35-/m1/s1. The van der Waals surface area contributed by atoms with Crippen LogP contribution < -0.4 is 11.1 Å². The van der Waals surface area contributed by atoms with Gasteiger partial charge in [0.15, 0.2) is 17.3 Å². The number of hydrogen-bond donors (Lipinski definition) is 2. The molecule has 0 unspecified atom stereocenters. The van der Waals surface area contributed by atoms with E-state index in [9.17, 15) is 26.7 Å². The summed E-state index contributed by atoms with van der Waals surface area (Å²) in [5.74, 6) is -1.72. The van der Waals surface area contributed by atoms with Gasteiger partial charge in [-0.15, -0.1) is 0 Å². The van der Waals surface area contributed by atoms with Gasteiger partial charge in [-0.2, -0.15) is 23.4 Å². The number of nitrogens with one attached hydrogen (secondary N) is 1. The zero-order valence-electron chi connectivity index (χ0n) is 29.7. The van der Waals surface area contributed by atoms with Crippen LogP contribution in [-0.2, 0) is 15.1 Å². The predicted molar refractivity (Wildman–Crippen MR) is 192 cm³/mol. The van der Waals surface area contributed by atoms with E-state index in [1.807, 2.05) is 37.0 Å². The zero-order valence-corrected chi connectivity index (χ0v) is 31.3. The smallest absolute Gasteiger partial charge is 0.411 e. The number of guanidine groups is 1. The second-order valence-corrected chi connectivity index (χ2v) is 16.1. The monoisotopic (exact) mass is 807 g/mol. The Bertz CT molecular complexity index is 2180. The topological polar surface area (TPSA) is 146 Å². The summed E-state index contributed by atoms with van der Waals surface area (Å²) in [6.07, 6.45) is -3.05. The van der Waals surface area contributed by atoms with E-state index >= 15 is 4.79 Å². The van der Waals surface area contributed by atoms with Gasteiger partial charge >= 0.3 is 12.3 Å². The second kappa shape index (κ2) is 13.8. The number of amides is 2. The van der Waals surface area contributed by atoms with Crippen LogP contribution in [0.5, 0.6) is 0 Å². The van der Waals surface area contributed by atoms with E-state index in [4.69, 9.17) is 38.7 Å². The summed E-state index contributed by atoms with van der Waals surface area (Å²) >= 11 is 13.4. The lowest BCUT2D eigenvalue weighted by Crippen LogP contribution is -2.50. The van der Waals surface area contributed by atoms with Gasteiger partial charge in [0.05, 0.1) is 29.0 Å². The van der Waals surface area contributed by atoms with Gasteiger partial charge in [-0.05, 0) is 66.8 Å². The molecule has 55 heavy (non-hydrogen) atoms. The molecule has 3 heterocycles. The summed E-state index contributed by atoms with van der Waals surface area (Å²) in [7, 11) is 0. The Balaban J connectivity index is 1.28. The summed E-state index contributed by atoms with van der Waals surface area (Å²) in [6, 6.07) is 8.30. The number of nitrogens with zero attached hydrogens (tertiary/aromatic N) is 7. The van der Waals surface area contributed by atoms with Gasteiger partial charge in [-0.25, -0.2) is 28.2 Å². The largest absolute Gasteiger partial charge is 0.447 e. The normalized spacial score (nSPS) is 20.2. The van der Waals surface area contributed by atoms with Crippen LogP contribution in [-0.4, -0.2) is 65.7 Å². The van der Waals surface area contributed by atoms with Gasteiger partial charge in [0.25, 0.3) is 12.3 Å². The number of rotatable bonds is 11. The molecule has 0 spiro atoms. The summed E-state index contributed by atoms with van der Waals surface area (Å²) in [6.45, 7) is 4.96. The average molecular weight is 809 g/mol. The first-order chi connectivity index (χ1) is 25.8. The minimum Gasteiger partial charge on any atom is -0.447 e. The molecule has 3 aliphatic rings. The molecule has 0 bridgehead atoms. The molecule has 2 atom stereocenters. The lowest BCUT2D eigenvalue weighted by Gasteiger charge is -2.35. The quantitative estimate of drug-likeness (QED) is 0.146. The number of hydrogen-bond acceptors (Lipinski definition) is 8. The van der Waals surface area contributed by atoms with Crippen molar-refractivity contribution in [2.45, 2.75) is 88.6 Å². The van der Waals surface area contributed by atoms with Crippen molar-refractivity contribution in [1.82, 2.24) is 34.8 Å². The Morgan fingerprint density at radius 3 is 2.40 bits per heavy atom. The van der Waals surface area contributed by atoms with E-state index in [1.165, 1.54) is 18.2 Å². The van der Waals surface area contributed by atoms with Crippen molar-refractivity contribution in [2.75, 3.05) is 6.61 Å². The molecule has 2 aromatic carbocycles. The molecule has 0 radical (unpaired) electrons. The van der Waals surface area contributed by atoms with E-state index in [-0.39, 0.29) is 46.5 Å². The molecule has 2 aliphatic carbocycles. The highest BCUT2D eigenvalue weighted by Gasteiger charge is 2.64. The van der Waals surface area contributed by atoms with E-state index in [2.05, 4.69) is 15.2 Å². The van der Waals surface area contributed by atoms with Crippen molar-refractivity contribution in [2.24, 2.45) is 16.1 Å². The molecule has 19 heteroatoms. The third-order valence-corrected chi connectivity index (χ3v) is 10.5. The van der Waals surface area contributed by atoms with Crippen LogP contribution in [0.25, 0.3) is 16.8 Å². The first-order valence-corrected chi connectivity index (χ1v) is 18.1. The number of carbonyl (C=O) groups is 2. The zero-order chi connectivity index (χ0) is 39.7. The highest BCUT2D eigenvalue weighted by molar-refractivity contribution is 6.32. The van der Waals surface area contributed by atoms with Crippen LogP contribution in [0.4, 0.5) is 26.7 Å². The molecule has 3 N–H and O–H groups in total. The Kier molecular flexibility index (Phi) is 9.63. The van der Waals surface area contributed by atoms with Gasteiger partial charge in [0.2, 0.25) is 0 Å². The molecular formula is C36H36Cl2F5N9O3. The van der Waals surface area contributed by atoms with E-state index in [1.54, 1.807) is 24.4 Å². The highest BCUT2D eigenvalue weighted by Crippen LogP contribution is 2.50. The number of carbonyl (C=O) groups excluding carboxylic acids is 2. The molecule has 7 rings (SSSR count). The number of alkyl halides is 5. The maximum atomic E-state index is 15.1. The molecule has 292 valence electrons. The molecule has 2 fully saturated rings. The second-order valence-electron chi connectivity index (χ2n) is 15.2. The van der Waals surface area contributed by atoms with Gasteiger partial charge in [-0.1, -0.05) is 62.2 Å². The van der Waals surface area contributed by atoms with Crippen molar-refractivity contribution in [1.29, 1.82) is 0 Å². The molecule has 2 saturated carbocycles. The first kappa shape index (κ1) is 38.5. The van der Waals surface area contributed by atoms with Crippen LogP contribution >= 0.6 is 23.2 Å². The lowest BCUT2D eigenvalue weighted by atomic mass is 9.75. The molecule has 2 aromatic heterocycles. The Labute approximate surface area is 321 Å². The van der Waals surface area contributed by atoms with Crippen molar-refractivity contribution < 1.29 is 36.3 Å². The lowest BCUT2D eigenvalue weighted by molar-refractivity contribution is -0.164. The minimum atomic E-state index is -4.72. The molecule has 4 aromatic rings. The number of nitrogens with two attached hydrogens (primary N) is 1. The third-order valence-electron chi connectivity index (χ3n) is 9.85. The molecular weight excluding hydrogens is 772 g/mol. The van der Waals surface area contributed by atoms with Crippen LogP contribution in [0, 0.1) is 5.41 Å². The maximum absolute atomic E-state index is 15.1. The van der Waals surface area contributed by atoms with Crippen LogP contribution in [0.15, 0.2) is 60.1 Å². The summed E-state index contributed by atoms with van der Waals surface area (Å²) in [5, 5.41) is 10.4. The van der Waals surface area contributed by atoms with Crippen molar-refractivity contribution in [3.63, 3.8) is 0 Å². The van der Waals surface area contributed by atoms with Crippen molar-refractivity contribution >= 4 is 41.2 Å². The molecule has 12 nitrogen and oxygen atoms in total. The summed E-state index contributed by atoms with van der Waals surface area (Å²) in [4.78, 5) is 37.4. The van der Waals surface area contributed by atoms with Crippen molar-refractivity contribution in [3.05, 3.63) is 82.1 Å². The van der Waals surface area contributed by atoms with Gasteiger partial charge < -0.3 is 15.8 Å². The summed E-state index contributed by atoms with van der Waals surface area (Å²) in [5.41, 5.74) is 3.87. The minimum absolute atomic E-state index is 0.0274. The molecule has 0 saturated heterocycles. The molecule has 1 aliphatic heterocycles. The number of alkyl carbamates (subject to hydrolysis) is 1. The van der Waals surface area contributed by atoms with E-state index < -0.39 is 59.6 Å². The fourth-order valence-electron chi connectivity index (χ4n) is 6.91. The molecule has 2 amide bonds.